The van der Waals surface area contributed by atoms with Crippen molar-refractivity contribution in [2.75, 3.05) is 19.8 Å². The summed E-state index contributed by atoms with van der Waals surface area (Å²) < 4.78 is 16.5. The number of carbonyl (C=O) groups is 1. The van der Waals surface area contributed by atoms with Crippen molar-refractivity contribution in [1.82, 2.24) is 0 Å². The Kier molecular flexibility index (Phi) is 17.0. The van der Waals surface area contributed by atoms with Gasteiger partial charge in [-0.3, -0.25) is 4.79 Å². The maximum atomic E-state index is 11.5. The summed E-state index contributed by atoms with van der Waals surface area (Å²) in [6, 6.07) is 0. The average Bonchev–Trinajstić information content (AvgIpc) is 2.58. The molecule has 0 rings (SSSR count). The first kappa shape index (κ1) is 23.9. The van der Waals surface area contributed by atoms with Gasteiger partial charge in [0.2, 0.25) is 6.29 Å². The molecule has 4 heteroatoms. The van der Waals surface area contributed by atoms with E-state index in [2.05, 4.69) is 25.7 Å². The molecular weight excluding hydrogens is 316 g/mol. The lowest BCUT2D eigenvalue weighted by molar-refractivity contribution is -0.144. The molecular formula is C21H38O4. The van der Waals surface area contributed by atoms with Crippen LogP contribution in [-0.2, 0) is 19.0 Å². The molecule has 0 unspecified atom stereocenters. The van der Waals surface area contributed by atoms with Gasteiger partial charge in [0.1, 0.15) is 0 Å². The van der Waals surface area contributed by atoms with E-state index in [1.165, 1.54) is 0 Å². The molecule has 0 amide bonds. The van der Waals surface area contributed by atoms with Crippen LogP contribution in [0.25, 0.3) is 0 Å². The van der Waals surface area contributed by atoms with Crippen molar-refractivity contribution in [3.8, 4) is 11.8 Å². The van der Waals surface area contributed by atoms with Crippen LogP contribution in [0.15, 0.2) is 0 Å². The largest absolute Gasteiger partial charge is 0.465 e. The molecule has 0 spiro atoms. The summed E-state index contributed by atoms with van der Waals surface area (Å²) in [5, 5.41) is 0. The van der Waals surface area contributed by atoms with Crippen LogP contribution in [0.5, 0.6) is 0 Å². The summed E-state index contributed by atoms with van der Waals surface area (Å²) in [5.74, 6) is 6.54. The summed E-state index contributed by atoms with van der Waals surface area (Å²) in [5.41, 5.74) is 0. The molecule has 0 aliphatic carbocycles. The fourth-order valence-corrected chi connectivity index (χ4v) is 1.95. The van der Waals surface area contributed by atoms with Gasteiger partial charge < -0.3 is 14.2 Å². The second-order valence-corrected chi connectivity index (χ2v) is 6.74. The zero-order valence-corrected chi connectivity index (χ0v) is 16.8. The number of hydrogen-bond acceptors (Lipinski definition) is 4. The maximum absolute atomic E-state index is 11.5. The molecule has 0 atom stereocenters. The van der Waals surface area contributed by atoms with Crippen LogP contribution in [0.4, 0.5) is 0 Å². The number of ether oxygens (including phenoxy) is 3. The van der Waals surface area contributed by atoms with Crippen molar-refractivity contribution >= 4 is 5.97 Å². The maximum Gasteiger partial charge on any atom is 0.305 e. The van der Waals surface area contributed by atoms with E-state index in [1.807, 2.05) is 13.8 Å². The molecule has 0 aromatic carbocycles. The molecule has 0 N–H and O–H groups in total. The van der Waals surface area contributed by atoms with Gasteiger partial charge in [-0.2, -0.15) is 0 Å². The first-order valence-corrected chi connectivity index (χ1v) is 9.97. The fourth-order valence-electron chi connectivity index (χ4n) is 1.95. The van der Waals surface area contributed by atoms with Crippen LogP contribution in [0.2, 0.25) is 0 Å². The lowest BCUT2D eigenvalue weighted by Gasteiger charge is -2.12. The first-order chi connectivity index (χ1) is 12.1. The zero-order valence-electron chi connectivity index (χ0n) is 16.8. The van der Waals surface area contributed by atoms with E-state index >= 15 is 0 Å². The standard InChI is InChI=1S/C21H38O4/c1-5-7-16-23-21(24-17-8-6-2)15-13-11-9-10-12-14-20(22)25-18-19(3)4/h19,21H,5-12,14,16-18H2,1-4H3. The molecule has 0 bridgehead atoms. The van der Waals surface area contributed by atoms with E-state index in [4.69, 9.17) is 14.2 Å². The Balaban J connectivity index is 3.83. The monoisotopic (exact) mass is 354 g/mol. The topological polar surface area (TPSA) is 44.8 Å². The van der Waals surface area contributed by atoms with E-state index in [1.54, 1.807) is 0 Å². The van der Waals surface area contributed by atoms with Gasteiger partial charge in [-0.25, -0.2) is 0 Å². The van der Waals surface area contributed by atoms with Gasteiger partial charge in [-0.05, 0) is 37.5 Å². The smallest absolute Gasteiger partial charge is 0.305 e. The Bertz CT molecular complexity index is 358. The number of hydrogen-bond donors (Lipinski definition) is 0. The zero-order chi connectivity index (χ0) is 18.8. The molecule has 0 aromatic rings. The molecule has 25 heavy (non-hydrogen) atoms. The highest BCUT2D eigenvalue weighted by Crippen LogP contribution is 2.05. The van der Waals surface area contributed by atoms with E-state index in [0.29, 0.717) is 32.2 Å². The molecule has 0 saturated heterocycles. The Labute approximate surface area is 155 Å². The Morgan fingerprint density at radius 2 is 1.56 bits per heavy atom. The SMILES string of the molecule is CCCCOC(C#CCCCCCC(=O)OCC(C)C)OCCCC. The highest BCUT2D eigenvalue weighted by Gasteiger charge is 2.05. The van der Waals surface area contributed by atoms with E-state index in [-0.39, 0.29) is 5.97 Å². The number of carbonyl (C=O) groups excluding carboxylic acids is 1. The van der Waals surface area contributed by atoms with Crippen LogP contribution in [0.1, 0.15) is 85.5 Å². The van der Waals surface area contributed by atoms with Crippen molar-refractivity contribution in [2.45, 2.75) is 91.8 Å². The lowest BCUT2D eigenvalue weighted by atomic mass is 10.1. The summed E-state index contributed by atoms with van der Waals surface area (Å²) in [6.45, 7) is 10.3. The van der Waals surface area contributed by atoms with Crippen LogP contribution in [0, 0.1) is 17.8 Å². The third-order valence-electron chi connectivity index (χ3n) is 3.51. The molecule has 0 aliphatic rings. The molecule has 0 fully saturated rings. The van der Waals surface area contributed by atoms with Gasteiger partial charge in [0.25, 0.3) is 0 Å². The Morgan fingerprint density at radius 1 is 0.920 bits per heavy atom. The quantitative estimate of drug-likeness (QED) is 0.178. The Morgan fingerprint density at radius 3 is 2.12 bits per heavy atom. The summed E-state index contributed by atoms with van der Waals surface area (Å²) in [4.78, 5) is 11.5. The summed E-state index contributed by atoms with van der Waals surface area (Å²) in [6.07, 6.45) is 8.03. The number of unbranched alkanes of at least 4 members (excludes halogenated alkanes) is 5. The van der Waals surface area contributed by atoms with Crippen LogP contribution < -0.4 is 0 Å². The van der Waals surface area contributed by atoms with Crippen molar-refractivity contribution in [2.24, 2.45) is 5.92 Å². The van der Waals surface area contributed by atoms with Gasteiger partial charge >= 0.3 is 5.97 Å². The van der Waals surface area contributed by atoms with Crippen molar-refractivity contribution in [1.29, 1.82) is 0 Å². The predicted octanol–water partition coefficient (Wildman–Crippen LogP) is 5.10. The number of esters is 1. The summed E-state index contributed by atoms with van der Waals surface area (Å²) >= 11 is 0. The summed E-state index contributed by atoms with van der Waals surface area (Å²) in [7, 11) is 0. The Hall–Kier alpha value is -1.05. The van der Waals surface area contributed by atoms with Crippen LogP contribution >= 0.6 is 0 Å². The fraction of sp³-hybridized carbons (Fsp3) is 0.857. The van der Waals surface area contributed by atoms with Crippen molar-refractivity contribution in [3.63, 3.8) is 0 Å². The first-order valence-electron chi connectivity index (χ1n) is 9.97. The average molecular weight is 355 g/mol. The normalized spacial score (nSPS) is 10.8. The third-order valence-corrected chi connectivity index (χ3v) is 3.51. The van der Waals surface area contributed by atoms with Gasteiger partial charge in [0.05, 0.1) is 19.8 Å². The van der Waals surface area contributed by atoms with Gasteiger partial charge in [-0.15, -0.1) is 0 Å². The minimum absolute atomic E-state index is 0.0894. The van der Waals surface area contributed by atoms with Gasteiger partial charge in [0, 0.05) is 12.8 Å². The highest BCUT2D eigenvalue weighted by atomic mass is 16.7. The lowest BCUT2D eigenvalue weighted by Crippen LogP contribution is -2.16. The van der Waals surface area contributed by atoms with Crippen LogP contribution in [-0.4, -0.2) is 32.1 Å². The van der Waals surface area contributed by atoms with Crippen molar-refractivity contribution < 1.29 is 19.0 Å². The predicted molar refractivity (Wildman–Crippen MR) is 102 cm³/mol. The minimum Gasteiger partial charge on any atom is -0.465 e. The van der Waals surface area contributed by atoms with Gasteiger partial charge in [0.15, 0.2) is 0 Å². The molecule has 146 valence electrons. The van der Waals surface area contributed by atoms with E-state index < -0.39 is 6.29 Å². The molecule has 0 heterocycles. The van der Waals surface area contributed by atoms with Crippen molar-refractivity contribution in [3.05, 3.63) is 0 Å². The molecule has 0 aliphatic heterocycles. The number of rotatable bonds is 15. The minimum atomic E-state index is -0.399. The van der Waals surface area contributed by atoms with E-state index in [0.717, 1.165) is 51.4 Å². The second kappa shape index (κ2) is 17.8. The molecule has 0 saturated carbocycles. The molecule has 0 radical (unpaired) electrons. The van der Waals surface area contributed by atoms with Crippen LogP contribution in [0.3, 0.4) is 0 Å². The molecule has 4 nitrogen and oxygen atoms in total. The third kappa shape index (κ3) is 17.6. The molecule has 0 aromatic heterocycles. The van der Waals surface area contributed by atoms with E-state index in [9.17, 15) is 4.79 Å². The second-order valence-electron chi connectivity index (χ2n) is 6.74. The highest BCUT2D eigenvalue weighted by molar-refractivity contribution is 5.69. The van der Waals surface area contributed by atoms with Gasteiger partial charge in [-0.1, -0.05) is 52.9 Å².